The Morgan fingerprint density at radius 2 is 1.90 bits per heavy atom. The average molecular weight is 417 g/mol. The van der Waals surface area contributed by atoms with Crippen LogP contribution in [0.25, 0.3) is 0 Å². The molecule has 1 heterocycles. The summed E-state index contributed by atoms with van der Waals surface area (Å²) >= 11 is 0. The van der Waals surface area contributed by atoms with E-state index in [4.69, 9.17) is 9.47 Å². The van der Waals surface area contributed by atoms with Gasteiger partial charge in [-0.3, -0.25) is 9.59 Å². The highest BCUT2D eigenvalue weighted by molar-refractivity contribution is 5.75. The number of ether oxygens (including phenoxy) is 2. The van der Waals surface area contributed by atoms with Gasteiger partial charge in [-0.25, -0.2) is 0 Å². The Balaban J connectivity index is 1.54. The number of aliphatic hydroxyl groups is 1. The zero-order chi connectivity index (χ0) is 21.5. The lowest BCUT2D eigenvalue weighted by Crippen LogP contribution is -2.58. The van der Waals surface area contributed by atoms with Gasteiger partial charge in [0.15, 0.2) is 0 Å². The standard InChI is InChI=1S/C25H36O5/c1-5-15(13-26)20-21(29-14(2)27)22-25(30-22)19-7-6-16-12-17(28)8-10-23(16,3)18(19)9-11-24(20,25)4/h5,13,16-22,28H,6-12H2,1-4H3. The van der Waals surface area contributed by atoms with E-state index in [0.717, 1.165) is 56.8 Å². The summed E-state index contributed by atoms with van der Waals surface area (Å²) in [6.07, 6.45) is 9.50. The zero-order valence-corrected chi connectivity index (χ0v) is 18.7. The minimum atomic E-state index is -0.374. The van der Waals surface area contributed by atoms with Crippen LogP contribution in [0.4, 0.5) is 0 Å². The van der Waals surface area contributed by atoms with E-state index < -0.39 is 0 Å². The SMILES string of the molecule is CC=C(C=O)C1C(OC(C)=O)C2OC23C2CCC4CC(O)CCC4(C)C2CCC13C. The second-order valence-electron chi connectivity index (χ2n) is 11.2. The van der Waals surface area contributed by atoms with Crippen LogP contribution in [0.2, 0.25) is 0 Å². The largest absolute Gasteiger partial charge is 0.459 e. The molecule has 5 fully saturated rings. The number of esters is 1. The number of epoxide rings is 1. The first-order valence-corrected chi connectivity index (χ1v) is 11.9. The molecule has 0 aromatic heterocycles. The van der Waals surface area contributed by atoms with Gasteiger partial charge in [0.2, 0.25) is 0 Å². The van der Waals surface area contributed by atoms with E-state index in [-0.39, 0.29) is 46.6 Å². The van der Waals surface area contributed by atoms with Crippen molar-refractivity contribution in [2.75, 3.05) is 0 Å². The predicted molar refractivity (Wildman–Crippen MR) is 111 cm³/mol. The van der Waals surface area contributed by atoms with Gasteiger partial charge < -0.3 is 14.6 Å². The van der Waals surface area contributed by atoms with Crippen LogP contribution in [0, 0.1) is 34.5 Å². The maximum absolute atomic E-state index is 12.0. The first-order valence-electron chi connectivity index (χ1n) is 11.9. The zero-order valence-electron chi connectivity index (χ0n) is 18.7. The molecule has 5 rings (SSSR count). The van der Waals surface area contributed by atoms with Crippen molar-refractivity contribution in [1.82, 2.24) is 0 Å². The van der Waals surface area contributed by atoms with Gasteiger partial charge in [0.1, 0.15) is 24.1 Å². The molecule has 0 amide bonds. The van der Waals surface area contributed by atoms with Crippen molar-refractivity contribution in [3.63, 3.8) is 0 Å². The number of aldehydes is 1. The highest BCUT2D eigenvalue weighted by atomic mass is 16.7. The maximum atomic E-state index is 12.0. The normalized spacial score (nSPS) is 54.3. The molecule has 1 spiro atoms. The van der Waals surface area contributed by atoms with Crippen molar-refractivity contribution in [3.8, 4) is 0 Å². The van der Waals surface area contributed by atoms with E-state index in [0.29, 0.717) is 17.8 Å². The number of hydrogen-bond donors (Lipinski definition) is 1. The molecule has 166 valence electrons. The summed E-state index contributed by atoms with van der Waals surface area (Å²) in [6.45, 7) is 8.09. The van der Waals surface area contributed by atoms with Gasteiger partial charge in [-0.1, -0.05) is 19.9 Å². The van der Waals surface area contributed by atoms with Crippen molar-refractivity contribution >= 4 is 12.3 Å². The smallest absolute Gasteiger partial charge is 0.303 e. The third kappa shape index (κ3) is 2.42. The maximum Gasteiger partial charge on any atom is 0.303 e. The molecule has 5 nitrogen and oxygen atoms in total. The highest BCUT2D eigenvalue weighted by Gasteiger charge is 2.84. The molecule has 5 aliphatic rings. The number of rotatable bonds is 3. The Hall–Kier alpha value is -1.20. The molecule has 1 saturated heterocycles. The lowest BCUT2D eigenvalue weighted by atomic mass is 9.44. The van der Waals surface area contributed by atoms with Gasteiger partial charge in [-0.05, 0) is 80.6 Å². The van der Waals surface area contributed by atoms with Crippen LogP contribution in [-0.2, 0) is 19.1 Å². The van der Waals surface area contributed by atoms with Gasteiger partial charge in [0.05, 0.1) is 6.10 Å². The van der Waals surface area contributed by atoms with Crippen LogP contribution in [-0.4, -0.2) is 41.3 Å². The Morgan fingerprint density at radius 3 is 2.57 bits per heavy atom. The number of aliphatic hydroxyl groups excluding tert-OH is 1. The lowest BCUT2D eigenvalue weighted by molar-refractivity contribution is -0.162. The van der Waals surface area contributed by atoms with E-state index in [2.05, 4.69) is 13.8 Å². The van der Waals surface area contributed by atoms with Crippen molar-refractivity contribution in [1.29, 1.82) is 0 Å². The number of allylic oxidation sites excluding steroid dienone is 1. The fraction of sp³-hybridized carbons (Fsp3) is 0.840. The van der Waals surface area contributed by atoms with Crippen LogP contribution >= 0.6 is 0 Å². The molecule has 30 heavy (non-hydrogen) atoms. The quantitative estimate of drug-likeness (QED) is 0.328. The van der Waals surface area contributed by atoms with Crippen LogP contribution < -0.4 is 0 Å². The van der Waals surface area contributed by atoms with Gasteiger partial charge in [-0.2, -0.15) is 0 Å². The number of carbonyl (C=O) groups excluding carboxylic acids is 2. The average Bonchev–Trinajstić information content (AvgIpc) is 3.40. The second kappa shape index (κ2) is 6.65. The van der Waals surface area contributed by atoms with E-state index in [1.807, 2.05) is 13.0 Å². The van der Waals surface area contributed by atoms with E-state index in [1.54, 1.807) is 0 Å². The Morgan fingerprint density at radius 1 is 1.13 bits per heavy atom. The summed E-state index contributed by atoms with van der Waals surface area (Å²) in [4.78, 5) is 23.9. The topological polar surface area (TPSA) is 76.1 Å². The van der Waals surface area contributed by atoms with E-state index >= 15 is 0 Å². The minimum absolute atomic E-state index is 0.0951. The Bertz CT molecular complexity index is 790. The van der Waals surface area contributed by atoms with Crippen LogP contribution in [0.3, 0.4) is 0 Å². The molecule has 0 aromatic rings. The molecule has 4 saturated carbocycles. The van der Waals surface area contributed by atoms with Gasteiger partial charge in [-0.15, -0.1) is 0 Å². The molecule has 0 aromatic carbocycles. The van der Waals surface area contributed by atoms with E-state index in [1.165, 1.54) is 6.92 Å². The van der Waals surface area contributed by atoms with Crippen molar-refractivity contribution < 1.29 is 24.2 Å². The second-order valence-corrected chi connectivity index (χ2v) is 11.2. The Kier molecular flexibility index (Phi) is 4.59. The van der Waals surface area contributed by atoms with Crippen molar-refractivity contribution in [2.24, 2.45) is 34.5 Å². The summed E-state index contributed by atoms with van der Waals surface area (Å²) < 4.78 is 12.4. The fourth-order valence-corrected chi connectivity index (χ4v) is 8.87. The number of hydrogen-bond acceptors (Lipinski definition) is 5. The van der Waals surface area contributed by atoms with Crippen molar-refractivity contribution in [2.45, 2.75) is 96.6 Å². The number of fused-ring (bicyclic) bond motifs is 3. The van der Waals surface area contributed by atoms with Crippen LogP contribution in [0.15, 0.2) is 11.6 Å². The van der Waals surface area contributed by atoms with Gasteiger partial charge >= 0.3 is 5.97 Å². The molecule has 1 N–H and O–H groups in total. The summed E-state index contributed by atoms with van der Waals surface area (Å²) in [6, 6.07) is 0. The molecular formula is C25H36O5. The third-order valence-electron chi connectivity index (χ3n) is 10.2. The highest BCUT2D eigenvalue weighted by Crippen LogP contribution is 2.77. The van der Waals surface area contributed by atoms with Crippen LogP contribution in [0.1, 0.15) is 72.6 Å². The summed E-state index contributed by atoms with van der Waals surface area (Å²) in [5.41, 5.74) is 0.511. The predicted octanol–water partition coefficient (Wildman–Crippen LogP) is 3.82. The molecular weight excluding hydrogens is 380 g/mol. The molecule has 0 bridgehead atoms. The molecule has 0 radical (unpaired) electrons. The van der Waals surface area contributed by atoms with Gasteiger partial charge in [0, 0.05) is 18.3 Å². The third-order valence-corrected chi connectivity index (χ3v) is 10.2. The molecule has 4 aliphatic carbocycles. The molecule has 1 aliphatic heterocycles. The van der Waals surface area contributed by atoms with E-state index in [9.17, 15) is 14.7 Å². The van der Waals surface area contributed by atoms with Crippen molar-refractivity contribution in [3.05, 3.63) is 11.6 Å². The summed E-state index contributed by atoms with van der Waals surface area (Å²) in [7, 11) is 0. The number of carbonyl (C=O) groups is 2. The molecule has 5 heteroatoms. The lowest BCUT2D eigenvalue weighted by Gasteiger charge is -2.61. The van der Waals surface area contributed by atoms with Gasteiger partial charge in [0.25, 0.3) is 0 Å². The minimum Gasteiger partial charge on any atom is -0.459 e. The monoisotopic (exact) mass is 416 g/mol. The summed E-state index contributed by atoms with van der Waals surface area (Å²) in [5, 5.41) is 10.3. The Labute approximate surface area is 179 Å². The van der Waals surface area contributed by atoms with Crippen LogP contribution in [0.5, 0.6) is 0 Å². The first-order chi connectivity index (χ1) is 14.2. The fourth-order valence-electron chi connectivity index (χ4n) is 8.87. The molecule has 10 unspecified atom stereocenters. The molecule has 10 atom stereocenters. The summed E-state index contributed by atoms with van der Waals surface area (Å²) in [5.74, 6) is 1.20. The first kappa shape index (κ1) is 20.7.